The molecule has 0 unspecified atom stereocenters. The Morgan fingerprint density at radius 2 is 1.24 bits per heavy atom. The van der Waals surface area contributed by atoms with Crippen LogP contribution in [0.15, 0.2) is 12.1 Å². The largest absolute Gasteiger partial charge is 0.0776 e. The van der Waals surface area contributed by atoms with E-state index in [9.17, 15) is 0 Å². The highest BCUT2D eigenvalue weighted by molar-refractivity contribution is 5.38. The Kier molecular flexibility index (Phi) is 8.72. The average molecular weight is 345 g/mol. The molecule has 144 valence electrons. The zero-order valence-corrected chi connectivity index (χ0v) is 15.8. The molecule has 0 N–H and O–H groups in total. The second-order valence-electron chi connectivity index (χ2n) is 8.80. The van der Waals surface area contributed by atoms with Crippen molar-refractivity contribution >= 4 is 0 Å². The first-order valence-electron chi connectivity index (χ1n) is 10.1. The molecule has 1 aromatic rings. The van der Waals surface area contributed by atoms with Gasteiger partial charge in [-0.3, -0.25) is 0 Å². The van der Waals surface area contributed by atoms with Crippen molar-refractivity contribution in [3.05, 3.63) is 34.4 Å². The summed E-state index contributed by atoms with van der Waals surface area (Å²) < 4.78 is 0. The summed E-state index contributed by atoms with van der Waals surface area (Å²) in [5, 5.41) is 0. The third kappa shape index (κ3) is 5.35. The zero-order chi connectivity index (χ0) is 16.4. The van der Waals surface area contributed by atoms with E-state index in [1.165, 1.54) is 68.9 Å². The van der Waals surface area contributed by atoms with Crippen LogP contribution in [0.25, 0.3) is 0 Å². The number of hydrogen-bond donors (Lipinski definition) is 0. The normalized spacial score (nSPS) is 29.4. The summed E-state index contributed by atoms with van der Waals surface area (Å²) in [4.78, 5) is 0. The number of rotatable bonds is 3. The minimum Gasteiger partial charge on any atom is -0.0776 e. The van der Waals surface area contributed by atoms with Crippen molar-refractivity contribution in [1.29, 1.82) is 0 Å². The fourth-order valence-corrected chi connectivity index (χ4v) is 5.17. The van der Waals surface area contributed by atoms with Crippen molar-refractivity contribution < 1.29 is 0 Å². The van der Waals surface area contributed by atoms with Crippen LogP contribution >= 0.6 is 0 Å². The maximum Gasteiger partial charge on any atom is -0.0248 e. The highest BCUT2D eigenvalue weighted by Crippen LogP contribution is 2.42. The van der Waals surface area contributed by atoms with Crippen LogP contribution in [0.1, 0.15) is 95.4 Å². The van der Waals surface area contributed by atoms with Crippen LogP contribution < -0.4 is 0 Å². The lowest BCUT2D eigenvalue weighted by atomic mass is 9.68. The molecular formula is C25H44. The van der Waals surface area contributed by atoms with Crippen LogP contribution in [-0.4, -0.2) is 0 Å². The summed E-state index contributed by atoms with van der Waals surface area (Å²) in [7, 11) is 0. The van der Waals surface area contributed by atoms with E-state index in [2.05, 4.69) is 39.8 Å². The Hall–Kier alpha value is -0.780. The van der Waals surface area contributed by atoms with E-state index in [0.717, 1.165) is 23.7 Å². The van der Waals surface area contributed by atoms with Crippen molar-refractivity contribution in [2.24, 2.45) is 23.7 Å². The van der Waals surface area contributed by atoms with Gasteiger partial charge in [-0.1, -0.05) is 46.8 Å². The molecule has 0 saturated heterocycles. The van der Waals surface area contributed by atoms with E-state index < -0.39 is 0 Å². The maximum atomic E-state index is 2.44. The summed E-state index contributed by atoms with van der Waals surface area (Å²) >= 11 is 0. The number of benzene rings is 1. The van der Waals surface area contributed by atoms with E-state index in [1.54, 1.807) is 11.1 Å². The second-order valence-corrected chi connectivity index (χ2v) is 8.80. The zero-order valence-electron chi connectivity index (χ0n) is 15.8. The van der Waals surface area contributed by atoms with E-state index in [4.69, 9.17) is 0 Å². The molecule has 0 spiro atoms. The summed E-state index contributed by atoms with van der Waals surface area (Å²) in [6.07, 6.45) is 13.3. The lowest BCUT2D eigenvalue weighted by Crippen LogP contribution is -2.26. The van der Waals surface area contributed by atoms with Gasteiger partial charge in [-0.2, -0.15) is 0 Å². The molecule has 2 aliphatic rings. The topological polar surface area (TPSA) is 0 Å². The Morgan fingerprint density at radius 3 is 1.80 bits per heavy atom. The minimum atomic E-state index is 0. The fourth-order valence-electron chi connectivity index (χ4n) is 5.17. The van der Waals surface area contributed by atoms with Crippen LogP contribution in [-0.2, 0) is 6.42 Å². The van der Waals surface area contributed by atoms with Gasteiger partial charge in [-0.05, 0) is 112 Å². The highest BCUT2D eigenvalue weighted by Gasteiger charge is 2.30. The van der Waals surface area contributed by atoms with Gasteiger partial charge in [0.1, 0.15) is 0 Å². The van der Waals surface area contributed by atoms with Gasteiger partial charge in [0.15, 0.2) is 0 Å². The van der Waals surface area contributed by atoms with Crippen molar-refractivity contribution in [2.75, 3.05) is 0 Å². The van der Waals surface area contributed by atoms with Gasteiger partial charge >= 0.3 is 0 Å². The minimum absolute atomic E-state index is 0. The van der Waals surface area contributed by atoms with Gasteiger partial charge in [0, 0.05) is 0 Å². The summed E-state index contributed by atoms with van der Waals surface area (Å²) in [6, 6.07) is 4.72. The first-order chi connectivity index (χ1) is 11.0. The molecule has 0 atom stereocenters. The van der Waals surface area contributed by atoms with Crippen LogP contribution in [0, 0.1) is 44.4 Å². The van der Waals surface area contributed by atoms with E-state index in [-0.39, 0.29) is 14.9 Å². The summed E-state index contributed by atoms with van der Waals surface area (Å²) in [5.41, 5.74) is 6.12. The molecule has 0 nitrogen and oxygen atoms in total. The molecule has 0 aliphatic heterocycles. The van der Waals surface area contributed by atoms with Crippen molar-refractivity contribution in [1.82, 2.24) is 0 Å². The van der Waals surface area contributed by atoms with E-state index in [1.807, 2.05) is 0 Å². The van der Waals surface area contributed by atoms with Gasteiger partial charge in [0.25, 0.3) is 0 Å². The molecular weight excluding hydrogens is 300 g/mol. The van der Waals surface area contributed by atoms with Crippen LogP contribution in [0.5, 0.6) is 0 Å². The Morgan fingerprint density at radius 1 is 0.720 bits per heavy atom. The summed E-state index contributed by atoms with van der Waals surface area (Å²) in [5.74, 6) is 4.06. The van der Waals surface area contributed by atoms with Crippen molar-refractivity contribution in [2.45, 2.75) is 100 Å². The summed E-state index contributed by atoms with van der Waals surface area (Å²) in [6.45, 7) is 9.29. The Balaban J connectivity index is 0.00000156. The van der Waals surface area contributed by atoms with Gasteiger partial charge in [0.2, 0.25) is 0 Å². The van der Waals surface area contributed by atoms with E-state index >= 15 is 0 Å². The highest BCUT2D eigenvalue weighted by atomic mass is 14.4. The van der Waals surface area contributed by atoms with Gasteiger partial charge in [-0.25, -0.2) is 0 Å². The molecule has 0 heteroatoms. The van der Waals surface area contributed by atoms with Crippen molar-refractivity contribution in [3.8, 4) is 0 Å². The maximum absolute atomic E-state index is 2.44. The molecule has 2 fully saturated rings. The Bertz CT molecular complexity index is 511. The fraction of sp³-hybridized carbons (Fsp3) is 0.760. The molecule has 2 aliphatic carbocycles. The Labute approximate surface area is 158 Å². The van der Waals surface area contributed by atoms with Gasteiger partial charge in [0.05, 0.1) is 0 Å². The van der Waals surface area contributed by atoms with Gasteiger partial charge < -0.3 is 0 Å². The third-order valence-electron chi connectivity index (χ3n) is 7.30. The molecule has 0 amide bonds. The predicted molar refractivity (Wildman–Crippen MR) is 114 cm³/mol. The lowest BCUT2D eigenvalue weighted by molar-refractivity contribution is 0.150. The van der Waals surface area contributed by atoms with Gasteiger partial charge in [-0.15, -0.1) is 0 Å². The monoisotopic (exact) mass is 344 g/mol. The third-order valence-corrected chi connectivity index (χ3v) is 7.30. The number of hydrogen-bond acceptors (Lipinski definition) is 0. The second kappa shape index (κ2) is 9.79. The molecule has 0 radical (unpaired) electrons. The number of aryl methyl sites for hydroxylation is 1. The van der Waals surface area contributed by atoms with Crippen LogP contribution in [0.4, 0.5) is 0 Å². The molecule has 0 heterocycles. The molecule has 25 heavy (non-hydrogen) atoms. The van der Waals surface area contributed by atoms with E-state index in [0.29, 0.717) is 0 Å². The molecule has 2 saturated carbocycles. The predicted octanol–water partition coefficient (Wildman–Crippen LogP) is 8.06. The van der Waals surface area contributed by atoms with Crippen LogP contribution in [0.2, 0.25) is 0 Å². The SMILES string of the molecule is C.C.Cc1ccc(CC2CCC(C3CCC(C)CC3)CC2)c(C)c1C. The quantitative estimate of drug-likeness (QED) is 0.520. The molecule has 0 bridgehead atoms. The standard InChI is InChI=1S/C23H36.2CH4/c1-16-5-10-21(11-6-16)22-13-8-20(9-14-22)15-23-12-7-17(2)18(3)19(23)4;;/h7,12,16,20-22H,5-6,8-11,13-15H2,1-4H3;2*1H4. The first kappa shape index (κ1) is 22.3. The smallest absolute Gasteiger partial charge is 0.0248 e. The first-order valence-corrected chi connectivity index (χ1v) is 10.1. The molecule has 3 rings (SSSR count). The van der Waals surface area contributed by atoms with Crippen LogP contribution in [0.3, 0.4) is 0 Å². The molecule has 0 aromatic heterocycles. The average Bonchev–Trinajstić information content (AvgIpc) is 2.57. The van der Waals surface area contributed by atoms with Crippen molar-refractivity contribution in [3.63, 3.8) is 0 Å². The lowest BCUT2D eigenvalue weighted by Gasteiger charge is -2.37. The molecule has 1 aromatic carbocycles.